The van der Waals surface area contributed by atoms with E-state index in [0.717, 1.165) is 43.4 Å². The Labute approximate surface area is 192 Å². The third kappa shape index (κ3) is 6.02. The third-order valence-electron chi connectivity index (χ3n) is 6.42. The number of para-hydroxylation sites is 1. The van der Waals surface area contributed by atoms with E-state index >= 15 is 0 Å². The highest BCUT2D eigenvalue weighted by Gasteiger charge is 2.40. The molecule has 178 valence electrons. The van der Waals surface area contributed by atoms with Crippen LogP contribution in [0.2, 0.25) is 0 Å². The van der Waals surface area contributed by atoms with Crippen molar-refractivity contribution in [3.63, 3.8) is 0 Å². The molecule has 0 fully saturated rings. The Morgan fingerprint density at radius 1 is 1.28 bits per heavy atom. The van der Waals surface area contributed by atoms with Gasteiger partial charge in [0.05, 0.1) is 18.0 Å². The fraction of sp³-hybridized carbons (Fsp3) is 0.640. The van der Waals surface area contributed by atoms with Gasteiger partial charge in [-0.05, 0) is 51.5 Å². The summed E-state index contributed by atoms with van der Waals surface area (Å²) in [6.07, 6.45) is 5.07. The fourth-order valence-corrected chi connectivity index (χ4v) is 4.29. The van der Waals surface area contributed by atoms with Crippen molar-refractivity contribution in [2.24, 2.45) is 16.6 Å². The van der Waals surface area contributed by atoms with Gasteiger partial charge in [0.15, 0.2) is 5.96 Å². The standard InChI is InChI=1S/C14H27N3O.C11H13NO2/c1-5-14(6-2)10-12(18)17(13(15)16-14)9-7-8-11(3)4;1-11(2)10(12-7-13)8-5-3-4-6-9(8)14-11/h11H,5-10H2,1-4H3,(H2,15,16);3-7,10H,1-2H3,(H,12,13). The number of nitrogens with zero attached hydrogens (tertiary/aromatic N) is 2. The molecule has 0 saturated carbocycles. The number of amides is 2. The van der Waals surface area contributed by atoms with Crippen molar-refractivity contribution < 1.29 is 14.3 Å². The van der Waals surface area contributed by atoms with Crippen molar-refractivity contribution in [2.75, 3.05) is 6.54 Å². The lowest BCUT2D eigenvalue weighted by atomic mass is 9.88. The minimum atomic E-state index is -0.370. The number of rotatable bonds is 8. The molecule has 0 radical (unpaired) electrons. The highest BCUT2D eigenvalue weighted by molar-refractivity contribution is 5.99. The summed E-state index contributed by atoms with van der Waals surface area (Å²) in [6.45, 7) is 13.2. The van der Waals surface area contributed by atoms with Crippen LogP contribution in [0.4, 0.5) is 0 Å². The van der Waals surface area contributed by atoms with Gasteiger partial charge in [-0.3, -0.25) is 14.5 Å². The van der Waals surface area contributed by atoms with Gasteiger partial charge >= 0.3 is 0 Å². The predicted octanol–water partition coefficient (Wildman–Crippen LogP) is 4.17. The Morgan fingerprint density at radius 2 is 1.94 bits per heavy atom. The second kappa shape index (κ2) is 10.8. The predicted molar refractivity (Wildman–Crippen MR) is 128 cm³/mol. The molecular weight excluding hydrogens is 404 g/mol. The van der Waals surface area contributed by atoms with Crippen molar-refractivity contribution >= 4 is 18.3 Å². The summed E-state index contributed by atoms with van der Waals surface area (Å²) in [4.78, 5) is 28.9. The number of aliphatic imine (C=N–C) groups is 1. The molecule has 1 aromatic rings. The van der Waals surface area contributed by atoms with Gasteiger partial charge < -0.3 is 15.8 Å². The van der Waals surface area contributed by atoms with Gasteiger partial charge in [0.2, 0.25) is 12.3 Å². The van der Waals surface area contributed by atoms with Crippen molar-refractivity contribution in [2.45, 2.75) is 90.8 Å². The average Bonchev–Trinajstić information content (AvgIpc) is 3.00. The summed E-state index contributed by atoms with van der Waals surface area (Å²) in [6, 6.07) is 7.71. The lowest BCUT2D eigenvalue weighted by molar-refractivity contribution is -0.129. The van der Waals surface area contributed by atoms with Crippen molar-refractivity contribution in [1.29, 1.82) is 0 Å². The third-order valence-corrected chi connectivity index (χ3v) is 6.42. The van der Waals surface area contributed by atoms with Crippen LogP contribution < -0.4 is 15.8 Å². The van der Waals surface area contributed by atoms with Gasteiger partial charge in [-0.25, -0.2) is 4.99 Å². The topological polar surface area (TPSA) is 97.0 Å². The molecule has 2 heterocycles. The molecule has 32 heavy (non-hydrogen) atoms. The Morgan fingerprint density at radius 3 is 2.50 bits per heavy atom. The summed E-state index contributed by atoms with van der Waals surface area (Å²) < 4.78 is 5.74. The summed E-state index contributed by atoms with van der Waals surface area (Å²) in [5.41, 5.74) is 6.39. The maximum absolute atomic E-state index is 12.2. The first-order chi connectivity index (χ1) is 15.1. The molecule has 3 N–H and O–H groups in total. The number of guanidine groups is 1. The van der Waals surface area contributed by atoms with Crippen LogP contribution in [-0.4, -0.2) is 40.9 Å². The number of fused-ring (bicyclic) bond motifs is 1. The molecule has 2 aliphatic heterocycles. The monoisotopic (exact) mass is 444 g/mol. The van der Waals surface area contributed by atoms with E-state index in [0.29, 0.717) is 24.8 Å². The van der Waals surface area contributed by atoms with Crippen molar-refractivity contribution in [1.82, 2.24) is 10.2 Å². The molecule has 0 aliphatic carbocycles. The van der Waals surface area contributed by atoms with Crippen LogP contribution in [0.3, 0.4) is 0 Å². The molecule has 3 rings (SSSR count). The van der Waals surface area contributed by atoms with Crippen LogP contribution >= 0.6 is 0 Å². The van der Waals surface area contributed by atoms with E-state index in [9.17, 15) is 9.59 Å². The van der Waals surface area contributed by atoms with E-state index in [1.807, 2.05) is 38.1 Å². The Bertz CT molecular complexity index is 815. The van der Waals surface area contributed by atoms with E-state index in [1.54, 1.807) is 4.90 Å². The lowest BCUT2D eigenvalue weighted by Crippen LogP contribution is -2.51. The fourth-order valence-electron chi connectivity index (χ4n) is 4.29. The molecule has 1 atom stereocenters. The van der Waals surface area contributed by atoms with Gasteiger partial charge in [0.25, 0.3) is 0 Å². The lowest BCUT2D eigenvalue weighted by Gasteiger charge is -2.36. The smallest absolute Gasteiger partial charge is 0.231 e. The molecule has 0 aromatic heterocycles. The molecule has 7 nitrogen and oxygen atoms in total. The van der Waals surface area contributed by atoms with Crippen LogP contribution in [0.5, 0.6) is 5.75 Å². The van der Waals surface area contributed by atoms with Gasteiger partial charge in [-0.1, -0.05) is 45.9 Å². The van der Waals surface area contributed by atoms with Gasteiger partial charge in [0, 0.05) is 12.1 Å². The summed E-state index contributed by atoms with van der Waals surface area (Å²) in [7, 11) is 0. The number of hydrogen-bond acceptors (Lipinski definition) is 5. The molecule has 1 aromatic carbocycles. The number of ether oxygens (including phenoxy) is 1. The van der Waals surface area contributed by atoms with Crippen LogP contribution in [-0.2, 0) is 9.59 Å². The van der Waals surface area contributed by atoms with E-state index in [4.69, 9.17) is 10.5 Å². The van der Waals surface area contributed by atoms with Crippen molar-refractivity contribution in [3.05, 3.63) is 29.8 Å². The SMILES string of the molecule is CC1(C)Oc2ccccc2C1NC=O.CCC1(CC)CC(=O)N(CCCC(C)C)C(N)=N1. The van der Waals surface area contributed by atoms with Gasteiger partial charge in [0.1, 0.15) is 11.4 Å². The molecule has 7 heteroatoms. The van der Waals surface area contributed by atoms with E-state index in [1.165, 1.54) is 0 Å². The molecule has 0 spiro atoms. The highest BCUT2D eigenvalue weighted by atomic mass is 16.5. The molecule has 0 bridgehead atoms. The molecule has 2 aliphatic rings. The van der Waals surface area contributed by atoms with Crippen LogP contribution in [0.15, 0.2) is 29.3 Å². The van der Waals surface area contributed by atoms with Gasteiger partial charge in [-0.15, -0.1) is 0 Å². The van der Waals surface area contributed by atoms with Crippen LogP contribution in [0, 0.1) is 5.92 Å². The molecule has 0 saturated heterocycles. The number of hydrogen-bond donors (Lipinski definition) is 2. The Balaban J connectivity index is 0.000000233. The molecular formula is C25H40N4O3. The number of benzene rings is 1. The molecule has 1 unspecified atom stereocenters. The number of carbonyl (C=O) groups excluding carboxylic acids is 2. The zero-order valence-corrected chi connectivity index (χ0v) is 20.5. The average molecular weight is 445 g/mol. The quantitative estimate of drug-likeness (QED) is 0.588. The first kappa shape index (κ1) is 25.7. The van der Waals surface area contributed by atoms with E-state index < -0.39 is 0 Å². The second-order valence-corrected chi connectivity index (χ2v) is 9.62. The summed E-state index contributed by atoms with van der Waals surface area (Å²) in [5.74, 6) is 2.07. The van der Waals surface area contributed by atoms with Crippen molar-refractivity contribution in [3.8, 4) is 5.75 Å². The van der Waals surface area contributed by atoms with Crippen LogP contribution in [0.25, 0.3) is 0 Å². The zero-order valence-electron chi connectivity index (χ0n) is 20.5. The Kier molecular flexibility index (Phi) is 8.70. The number of nitrogens with two attached hydrogens (primary N) is 1. The van der Waals surface area contributed by atoms with Gasteiger partial charge in [-0.2, -0.15) is 0 Å². The summed E-state index contributed by atoms with van der Waals surface area (Å²) >= 11 is 0. The van der Waals surface area contributed by atoms with Crippen LogP contribution in [0.1, 0.15) is 85.3 Å². The number of nitrogens with one attached hydrogen (secondary N) is 1. The first-order valence-electron chi connectivity index (χ1n) is 11.7. The first-order valence-corrected chi connectivity index (χ1v) is 11.7. The largest absolute Gasteiger partial charge is 0.485 e. The maximum Gasteiger partial charge on any atom is 0.231 e. The zero-order chi connectivity index (χ0) is 23.9. The number of carbonyl (C=O) groups is 2. The van der Waals surface area contributed by atoms with E-state index in [-0.39, 0.29) is 23.1 Å². The highest BCUT2D eigenvalue weighted by Crippen LogP contribution is 2.42. The van der Waals surface area contributed by atoms with E-state index in [2.05, 4.69) is 38.0 Å². The normalized spacial score (nSPS) is 20.6. The summed E-state index contributed by atoms with van der Waals surface area (Å²) in [5, 5.41) is 2.79. The minimum absolute atomic E-state index is 0.0591. The molecule has 2 amide bonds. The second-order valence-electron chi connectivity index (χ2n) is 9.62. The maximum atomic E-state index is 12.2. The Hall–Kier alpha value is -2.57. The minimum Gasteiger partial charge on any atom is -0.485 e.